The summed E-state index contributed by atoms with van der Waals surface area (Å²) in [4.78, 5) is 0. The van der Waals surface area contributed by atoms with Gasteiger partial charge in [-0.3, -0.25) is 0 Å². The predicted octanol–water partition coefficient (Wildman–Crippen LogP) is 6.18. The lowest BCUT2D eigenvalue weighted by molar-refractivity contribution is 0.102. The van der Waals surface area contributed by atoms with Crippen LogP contribution < -0.4 is 4.72 Å². The van der Waals surface area contributed by atoms with Crippen LogP contribution in [0.25, 0.3) is 0 Å². The Morgan fingerprint density at radius 2 is 1.29 bits per heavy atom. The minimum absolute atomic E-state index is 0.0330. The number of hydrogen-bond acceptors (Lipinski definition) is 4. The molecule has 0 aromatic carbocycles. The molecule has 1 aliphatic rings. The van der Waals surface area contributed by atoms with Crippen LogP contribution in [-0.4, -0.2) is 44.1 Å². The monoisotopic (exact) mass is 465 g/mol. The van der Waals surface area contributed by atoms with E-state index < -0.39 is 10.0 Å². The molecular weight excluding hydrogens is 410 g/mol. The molecule has 0 amide bonds. The molecule has 0 saturated heterocycles. The van der Waals surface area contributed by atoms with Crippen molar-refractivity contribution in [1.82, 2.24) is 4.72 Å². The molecule has 1 rings (SSSR count). The Morgan fingerprint density at radius 3 is 1.52 bits per heavy atom. The molecule has 5 nitrogen and oxygen atoms in total. The molecule has 1 saturated carbocycles. The number of aliphatic hydroxyl groups is 1. The van der Waals surface area contributed by atoms with Gasteiger partial charge in [0.25, 0.3) is 0 Å². The number of aliphatic hydroxyl groups excluding tert-OH is 1. The Labute approximate surface area is 195 Å². The van der Waals surface area contributed by atoms with Crippen LogP contribution in [0.2, 0.25) is 0 Å². The van der Waals surface area contributed by atoms with E-state index in [2.05, 4.69) is 67.0 Å². The van der Waals surface area contributed by atoms with Crippen LogP contribution >= 0.6 is 0 Å². The Bertz CT molecular complexity index is 520. The fourth-order valence-electron chi connectivity index (χ4n) is 1.19. The highest BCUT2D eigenvalue weighted by atomic mass is 32.2. The molecular formula is C25H55NO4S. The minimum Gasteiger partial charge on any atom is -0.392 e. The Hall–Kier alpha value is -0.430. The summed E-state index contributed by atoms with van der Waals surface area (Å²) in [6.45, 7) is 28.4. The fraction of sp³-hybridized carbons (Fsp3) is 0.920. The molecule has 0 bridgehead atoms. The Kier molecular flexibility index (Phi) is 19.4. The zero-order valence-electron chi connectivity index (χ0n) is 22.9. The van der Waals surface area contributed by atoms with Crippen molar-refractivity contribution in [2.45, 2.75) is 120 Å². The molecule has 0 aromatic rings. The van der Waals surface area contributed by atoms with Gasteiger partial charge >= 0.3 is 0 Å². The van der Waals surface area contributed by atoms with Crippen LogP contribution in [0.1, 0.15) is 103 Å². The molecule has 0 heterocycles. The summed E-state index contributed by atoms with van der Waals surface area (Å²) in [6, 6.07) is 0.0330. The van der Waals surface area contributed by atoms with Gasteiger partial charge in [0.05, 0.1) is 24.6 Å². The normalized spacial score (nSPS) is 14.6. The SMILES string of the molecule is CC(C)(C)C(C)(C)C.CC(C)C.CC(C)NS(=O)(=O)C1CC1.CC(C)OC/C=C\CO. The maximum atomic E-state index is 11.1. The average molecular weight is 466 g/mol. The van der Waals surface area contributed by atoms with E-state index in [9.17, 15) is 8.42 Å². The van der Waals surface area contributed by atoms with E-state index in [0.717, 1.165) is 18.8 Å². The minimum atomic E-state index is -2.94. The molecule has 190 valence electrons. The molecule has 0 unspecified atom stereocenters. The molecule has 31 heavy (non-hydrogen) atoms. The first kappa shape index (κ1) is 35.2. The molecule has 0 atom stereocenters. The van der Waals surface area contributed by atoms with Gasteiger partial charge in [0.2, 0.25) is 10.0 Å². The van der Waals surface area contributed by atoms with Crippen LogP contribution in [0, 0.1) is 16.7 Å². The van der Waals surface area contributed by atoms with E-state index in [0.29, 0.717) is 17.4 Å². The van der Waals surface area contributed by atoms with Crippen LogP contribution in [0.3, 0.4) is 0 Å². The van der Waals surface area contributed by atoms with E-state index in [1.165, 1.54) is 0 Å². The number of nitrogens with one attached hydrogen (secondary N) is 1. The summed E-state index contributed by atoms with van der Waals surface area (Å²) in [5.41, 5.74) is 0.875. The predicted molar refractivity (Wildman–Crippen MR) is 137 cm³/mol. The second-order valence-corrected chi connectivity index (χ2v) is 13.3. The third-order valence-electron chi connectivity index (χ3n) is 4.41. The van der Waals surface area contributed by atoms with E-state index in [1.807, 2.05) is 27.7 Å². The quantitative estimate of drug-likeness (QED) is 0.440. The van der Waals surface area contributed by atoms with Crippen molar-refractivity contribution in [2.75, 3.05) is 13.2 Å². The summed E-state index contributed by atoms with van der Waals surface area (Å²) < 4.78 is 29.9. The molecule has 1 fully saturated rings. The van der Waals surface area contributed by atoms with Gasteiger partial charge in [-0.25, -0.2) is 13.1 Å². The van der Waals surface area contributed by atoms with E-state index in [1.54, 1.807) is 12.2 Å². The lowest BCUT2D eigenvalue weighted by Crippen LogP contribution is -2.32. The first-order valence-electron chi connectivity index (χ1n) is 11.7. The average Bonchev–Trinajstić information content (AvgIpc) is 3.34. The molecule has 2 N–H and O–H groups in total. The lowest BCUT2D eigenvalue weighted by Gasteiger charge is -2.34. The Morgan fingerprint density at radius 1 is 0.903 bits per heavy atom. The van der Waals surface area contributed by atoms with Crippen molar-refractivity contribution in [3.63, 3.8) is 0 Å². The van der Waals surface area contributed by atoms with Gasteiger partial charge in [0.15, 0.2) is 0 Å². The van der Waals surface area contributed by atoms with Crippen molar-refractivity contribution < 1.29 is 18.3 Å². The van der Waals surface area contributed by atoms with Gasteiger partial charge in [-0.2, -0.15) is 0 Å². The number of rotatable bonds is 7. The first-order valence-corrected chi connectivity index (χ1v) is 13.2. The Balaban J connectivity index is -0.000000351. The van der Waals surface area contributed by atoms with Crippen LogP contribution in [0.4, 0.5) is 0 Å². The fourth-order valence-corrected chi connectivity index (χ4v) is 2.80. The van der Waals surface area contributed by atoms with Gasteiger partial charge in [0.1, 0.15) is 0 Å². The van der Waals surface area contributed by atoms with Gasteiger partial charge < -0.3 is 9.84 Å². The molecule has 0 aliphatic heterocycles. The van der Waals surface area contributed by atoms with E-state index in [-0.39, 0.29) is 24.0 Å². The standard InChI is InChI=1S/C8H18.C7H14O2.C6H13NO2S.C4H10/c1-7(2,3)8(4,5)6;1-7(2)9-6-4-3-5-8;1-5(2)7-10(8,9)6-3-4-6;1-4(2)3/h1-6H3;3-4,7-8H,5-6H2,1-2H3;5-7H,3-4H2,1-2H3;4H,1-3H3/b;4-3-;;. The van der Waals surface area contributed by atoms with Crippen molar-refractivity contribution in [3.8, 4) is 0 Å². The van der Waals surface area contributed by atoms with Gasteiger partial charge in [-0.05, 0) is 57.3 Å². The first-order chi connectivity index (χ1) is 13.8. The topological polar surface area (TPSA) is 75.6 Å². The van der Waals surface area contributed by atoms with Gasteiger partial charge in [0, 0.05) is 6.04 Å². The highest BCUT2D eigenvalue weighted by Gasteiger charge is 2.35. The van der Waals surface area contributed by atoms with Crippen LogP contribution in [-0.2, 0) is 14.8 Å². The maximum Gasteiger partial charge on any atom is 0.214 e. The van der Waals surface area contributed by atoms with E-state index in [4.69, 9.17) is 9.84 Å². The zero-order chi connectivity index (χ0) is 25.5. The summed E-state index contributed by atoms with van der Waals surface area (Å²) >= 11 is 0. The van der Waals surface area contributed by atoms with E-state index >= 15 is 0 Å². The number of hydrogen-bond donors (Lipinski definition) is 2. The van der Waals surface area contributed by atoms with Crippen molar-refractivity contribution in [3.05, 3.63) is 12.2 Å². The van der Waals surface area contributed by atoms with Gasteiger partial charge in [-0.1, -0.05) is 74.5 Å². The van der Waals surface area contributed by atoms with Crippen molar-refractivity contribution >= 4 is 10.0 Å². The highest BCUT2D eigenvalue weighted by Crippen LogP contribution is 2.36. The van der Waals surface area contributed by atoms with Crippen molar-refractivity contribution in [2.24, 2.45) is 16.7 Å². The third-order valence-corrected chi connectivity index (χ3v) is 6.56. The number of sulfonamides is 1. The second kappa shape index (κ2) is 17.1. The van der Waals surface area contributed by atoms with Crippen LogP contribution in [0.5, 0.6) is 0 Å². The zero-order valence-corrected chi connectivity index (χ0v) is 23.7. The highest BCUT2D eigenvalue weighted by molar-refractivity contribution is 7.90. The maximum absolute atomic E-state index is 11.1. The molecule has 0 spiro atoms. The van der Waals surface area contributed by atoms with Crippen LogP contribution in [0.15, 0.2) is 12.2 Å². The second-order valence-electron chi connectivity index (χ2n) is 11.3. The summed E-state index contributed by atoms with van der Waals surface area (Å²) in [6.07, 6.45) is 5.42. The summed E-state index contributed by atoms with van der Waals surface area (Å²) in [5.74, 6) is 0.833. The lowest BCUT2D eigenvalue weighted by atomic mass is 9.71. The molecule has 1 aliphatic carbocycles. The molecule has 0 radical (unpaired) electrons. The number of ether oxygens (including phenoxy) is 1. The van der Waals surface area contributed by atoms with Gasteiger partial charge in [-0.15, -0.1) is 0 Å². The summed E-state index contributed by atoms with van der Waals surface area (Å²) in [5, 5.41) is 8.20. The summed E-state index contributed by atoms with van der Waals surface area (Å²) in [7, 11) is -2.94. The molecule has 6 heteroatoms. The van der Waals surface area contributed by atoms with Crippen molar-refractivity contribution in [1.29, 1.82) is 0 Å². The smallest absolute Gasteiger partial charge is 0.214 e. The largest absolute Gasteiger partial charge is 0.392 e. The molecule has 0 aromatic heterocycles. The third kappa shape index (κ3) is 27.5.